The Balaban J connectivity index is 1.45. The normalized spacial score (nSPS) is 13.5. The zero-order valence-corrected chi connectivity index (χ0v) is 19.8. The molecule has 0 saturated carbocycles. The van der Waals surface area contributed by atoms with Crippen molar-refractivity contribution in [3.8, 4) is 0 Å². The van der Waals surface area contributed by atoms with E-state index in [-0.39, 0.29) is 23.2 Å². The highest BCUT2D eigenvalue weighted by Gasteiger charge is 2.18. The molecule has 188 valence electrons. The predicted molar refractivity (Wildman–Crippen MR) is 139 cm³/mol. The fraction of sp³-hybridized carbons (Fsp3) is 0.185. The van der Waals surface area contributed by atoms with E-state index in [2.05, 4.69) is 15.2 Å². The number of hydrogen-bond donors (Lipinski definition) is 3. The number of nitrogens with zero attached hydrogens (tertiary/aromatic N) is 2. The number of benzene rings is 2. The first-order valence-corrected chi connectivity index (χ1v) is 11.7. The summed E-state index contributed by atoms with van der Waals surface area (Å²) in [5, 5.41) is 11.9. The fourth-order valence-electron chi connectivity index (χ4n) is 4.32. The van der Waals surface area contributed by atoms with E-state index in [1.54, 1.807) is 28.8 Å². The van der Waals surface area contributed by atoms with Crippen molar-refractivity contribution in [2.75, 3.05) is 36.5 Å². The number of carbonyl (C=O) groups is 2. The molecule has 1 aliphatic heterocycles. The topological polar surface area (TPSA) is 134 Å². The molecule has 0 atom stereocenters. The number of carbonyl (C=O) groups excluding carboxylic acids is 1. The number of nitrogens with one attached hydrogen (secondary N) is 2. The first kappa shape index (κ1) is 24.0. The Labute approximate surface area is 210 Å². The van der Waals surface area contributed by atoms with Crippen LogP contribution < -0.4 is 21.2 Å². The smallest absolute Gasteiger partial charge is 0.335 e. The Bertz CT molecular complexity index is 1580. The van der Waals surface area contributed by atoms with E-state index in [0.29, 0.717) is 24.4 Å². The van der Waals surface area contributed by atoms with Crippen LogP contribution in [-0.2, 0) is 11.3 Å². The summed E-state index contributed by atoms with van der Waals surface area (Å²) in [6.07, 6.45) is 1.45. The van der Waals surface area contributed by atoms with E-state index in [9.17, 15) is 19.2 Å². The second-order valence-electron chi connectivity index (χ2n) is 8.69. The van der Waals surface area contributed by atoms with Gasteiger partial charge < -0.3 is 29.6 Å². The predicted octanol–water partition coefficient (Wildman–Crippen LogP) is 2.53. The molecule has 3 N–H and O–H groups in total. The second kappa shape index (κ2) is 10.1. The van der Waals surface area contributed by atoms with E-state index in [1.807, 2.05) is 12.1 Å². The van der Waals surface area contributed by atoms with Crippen LogP contribution in [-0.4, -0.2) is 52.8 Å². The Hall–Kier alpha value is -4.70. The number of aromatic nitrogens is 2. The van der Waals surface area contributed by atoms with Crippen LogP contribution >= 0.6 is 0 Å². The van der Waals surface area contributed by atoms with Crippen molar-refractivity contribution in [3.05, 3.63) is 104 Å². The molecule has 0 unspecified atom stereocenters. The lowest BCUT2D eigenvalue weighted by molar-refractivity contribution is 0.0696. The van der Waals surface area contributed by atoms with Gasteiger partial charge in [-0.05, 0) is 48.0 Å². The fourth-order valence-corrected chi connectivity index (χ4v) is 4.32. The average Bonchev–Trinajstić information content (AvgIpc) is 2.91. The zero-order chi connectivity index (χ0) is 25.9. The van der Waals surface area contributed by atoms with Gasteiger partial charge in [-0.25, -0.2) is 4.79 Å². The molecule has 0 spiro atoms. The summed E-state index contributed by atoms with van der Waals surface area (Å²) in [4.78, 5) is 54.2. The van der Waals surface area contributed by atoms with Crippen LogP contribution in [0.2, 0.25) is 0 Å². The molecule has 2 aromatic heterocycles. The number of H-pyrrole nitrogens is 1. The molecule has 0 aliphatic carbocycles. The first-order chi connectivity index (χ1) is 17.9. The molecule has 3 heterocycles. The van der Waals surface area contributed by atoms with Crippen LogP contribution in [0.3, 0.4) is 0 Å². The Morgan fingerprint density at radius 3 is 2.32 bits per heavy atom. The third-order valence-corrected chi connectivity index (χ3v) is 6.26. The Morgan fingerprint density at radius 1 is 0.946 bits per heavy atom. The molecule has 10 nitrogen and oxygen atoms in total. The molecule has 1 saturated heterocycles. The number of amides is 1. The van der Waals surface area contributed by atoms with Crippen LogP contribution in [0, 0.1) is 0 Å². The van der Waals surface area contributed by atoms with E-state index in [1.165, 1.54) is 30.5 Å². The summed E-state index contributed by atoms with van der Waals surface area (Å²) < 4.78 is 7.06. The highest BCUT2D eigenvalue weighted by molar-refractivity contribution is 6.05. The largest absolute Gasteiger partial charge is 0.478 e. The monoisotopic (exact) mass is 500 g/mol. The number of carboxylic acids is 1. The van der Waals surface area contributed by atoms with Crippen LogP contribution in [0.1, 0.15) is 26.3 Å². The number of carboxylic acid groups (broad SMARTS) is 1. The van der Waals surface area contributed by atoms with Crippen molar-refractivity contribution < 1.29 is 19.4 Å². The lowest BCUT2D eigenvalue weighted by Gasteiger charge is -2.28. The summed E-state index contributed by atoms with van der Waals surface area (Å²) in [5.41, 5.74) is 1.73. The Morgan fingerprint density at radius 2 is 1.65 bits per heavy atom. The number of aromatic amines is 1. The summed E-state index contributed by atoms with van der Waals surface area (Å²) in [5.74, 6) is -1.64. The molecule has 1 aliphatic rings. The van der Waals surface area contributed by atoms with Crippen molar-refractivity contribution in [2.24, 2.45) is 0 Å². The minimum Gasteiger partial charge on any atom is -0.478 e. The number of fused-ring (bicyclic) bond motifs is 1. The van der Waals surface area contributed by atoms with Crippen LogP contribution in [0.15, 0.2) is 76.4 Å². The summed E-state index contributed by atoms with van der Waals surface area (Å²) >= 11 is 0. The quantitative estimate of drug-likeness (QED) is 0.370. The van der Waals surface area contributed by atoms with E-state index < -0.39 is 22.9 Å². The number of anilines is 2. The number of aromatic carboxylic acids is 1. The van der Waals surface area contributed by atoms with Crippen molar-refractivity contribution in [1.29, 1.82) is 0 Å². The van der Waals surface area contributed by atoms with E-state index in [4.69, 9.17) is 9.84 Å². The molecule has 37 heavy (non-hydrogen) atoms. The third-order valence-electron chi connectivity index (χ3n) is 6.26. The summed E-state index contributed by atoms with van der Waals surface area (Å²) in [7, 11) is 0. The SMILES string of the molecule is O=C(O)c1ccc(Cn2cc(C(=O)Nc3ccc(N4CCOCC4)cc3)c(=O)c3[nH]c(=O)ccc32)cc1. The van der Waals surface area contributed by atoms with Crippen LogP contribution in [0.5, 0.6) is 0 Å². The lowest BCUT2D eigenvalue weighted by Crippen LogP contribution is -2.36. The van der Waals surface area contributed by atoms with Crippen molar-refractivity contribution in [1.82, 2.24) is 9.55 Å². The lowest BCUT2D eigenvalue weighted by atomic mass is 10.1. The molecule has 1 fully saturated rings. The zero-order valence-electron chi connectivity index (χ0n) is 19.8. The van der Waals surface area contributed by atoms with Gasteiger partial charge in [-0.2, -0.15) is 0 Å². The summed E-state index contributed by atoms with van der Waals surface area (Å²) in [6, 6.07) is 16.5. The van der Waals surface area contributed by atoms with Crippen molar-refractivity contribution in [3.63, 3.8) is 0 Å². The highest BCUT2D eigenvalue weighted by atomic mass is 16.5. The van der Waals surface area contributed by atoms with Gasteiger partial charge in [0, 0.05) is 43.3 Å². The number of rotatable bonds is 6. The first-order valence-electron chi connectivity index (χ1n) is 11.7. The third kappa shape index (κ3) is 5.14. The van der Waals surface area contributed by atoms with Crippen LogP contribution in [0.4, 0.5) is 11.4 Å². The van der Waals surface area contributed by atoms with Crippen molar-refractivity contribution in [2.45, 2.75) is 6.54 Å². The number of pyridine rings is 2. The minimum absolute atomic E-state index is 0.0185. The maximum absolute atomic E-state index is 13.2. The van der Waals surface area contributed by atoms with E-state index in [0.717, 1.165) is 24.3 Å². The van der Waals surface area contributed by atoms with Gasteiger partial charge in [0.2, 0.25) is 11.0 Å². The molecular weight excluding hydrogens is 476 g/mol. The molecule has 5 rings (SSSR count). The second-order valence-corrected chi connectivity index (χ2v) is 8.69. The standard InChI is InChI=1S/C27H24N4O6/c32-23-10-9-22-24(29-23)25(33)21(16-31(22)15-17-1-3-18(4-2-17)27(35)36)26(34)28-19-5-7-20(8-6-19)30-11-13-37-14-12-30/h1-10,16H,11-15H2,(H,28,34)(H,29,32)(H,35,36). The molecule has 4 aromatic rings. The summed E-state index contributed by atoms with van der Waals surface area (Å²) in [6.45, 7) is 3.16. The maximum atomic E-state index is 13.2. The molecule has 10 heteroatoms. The van der Waals surface area contributed by atoms with Gasteiger partial charge in [-0.3, -0.25) is 14.4 Å². The molecule has 1 amide bonds. The maximum Gasteiger partial charge on any atom is 0.335 e. The van der Waals surface area contributed by atoms with Gasteiger partial charge in [0.15, 0.2) is 0 Å². The van der Waals surface area contributed by atoms with Crippen LogP contribution in [0.25, 0.3) is 11.0 Å². The number of morpholine rings is 1. The highest BCUT2D eigenvalue weighted by Crippen LogP contribution is 2.20. The molecular formula is C27H24N4O6. The molecule has 2 aromatic carbocycles. The Kier molecular flexibility index (Phi) is 6.57. The van der Waals surface area contributed by atoms with E-state index >= 15 is 0 Å². The number of ether oxygens (including phenoxy) is 1. The van der Waals surface area contributed by atoms with Gasteiger partial charge in [-0.1, -0.05) is 12.1 Å². The van der Waals surface area contributed by atoms with Gasteiger partial charge in [-0.15, -0.1) is 0 Å². The minimum atomic E-state index is -1.03. The average molecular weight is 501 g/mol. The van der Waals surface area contributed by atoms with Gasteiger partial charge in [0.25, 0.3) is 5.91 Å². The molecule has 0 bridgehead atoms. The number of hydrogen-bond acceptors (Lipinski definition) is 6. The van der Waals surface area contributed by atoms with Crippen molar-refractivity contribution >= 4 is 34.3 Å². The van der Waals surface area contributed by atoms with Gasteiger partial charge >= 0.3 is 5.97 Å². The van der Waals surface area contributed by atoms with Gasteiger partial charge in [0.1, 0.15) is 11.1 Å². The van der Waals surface area contributed by atoms with Gasteiger partial charge in [0.05, 0.1) is 24.3 Å². The molecule has 0 radical (unpaired) electrons.